The molecule has 0 atom stereocenters. The van der Waals surface area contributed by atoms with Crippen LogP contribution >= 0.6 is 0 Å². The van der Waals surface area contributed by atoms with E-state index in [0.717, 1.165) is 29.8 Å². The summed E-state index contributed by atoms with van der Waals surface area (Å²) in [4.78, 5) is 19.1. The standard InChI is InChI=1S/C25H29FN6O/c1-16-21(17(2)32-25(29-16)18(14-27)15-28-32)10-12-24(33)30-19-9-11-23(22(26)13-19)31(3)20-7-5-4-6-8-20/h9,11,13,15,20H,4-8,10,12H2,1-3H3,(H,30,33). The van der Waals surface area contributed by atoms with Crippen molar-refractivity contribution in [2.24, 2.45) is 0 Å². The maximum absolute atomic E-state index is 14.8. The van der Waals surface area contributed by atoms with Gasteiger partial charge in [0.2, 0.25) is 5.91 Å². The van der Waals surface area contributed by atoms with E-state index >= 15 is 0 Å². The molecule has 172 valence electrons. The molecule has 0 spiro atoms. The van der Waals surface area contributed by atoms with E-state index in [9.17, 15) is 14.4 Å². The van der Waals surface area contributed by atoms with Crippen LogP contribution in [-0.2, 0) is 11.2 Å². The number of nitrogens with one attached hydrogen (secondary N) is 1. The molecule has 0 radical (unpaired) electrons. The third kappa shape index (κ3) is 4.68. The molecule has 0 unspecified atom stereocenters. The second kappa shape index (κ2) is 9.57. The van der Waals surface area contributed by atoms with E-state index in [4.69, 9.17) is 0 Å². The lowest BCUT2D eigenvalue weighted by Gasteiger charge is -2.33. The highest BCUT2D eigenvalue weighted by atomic mass is 19.1. The van der Waals surface area contributed by atoms with E-state index in [2.05, 4.69) is 21.5 Å². The number of amides is 1. The van der Waals surface area contributed by atoms with E-state index in [1.54, 1.807) is 16.6 Å². The van der Waals surface area contributed by atoms with E-state index < -0.39 is 0 Å². The van der Waals surface area contributed by atoms with Gasteiger partial charge in [0, 0.05) is 36.6 Å². The Hall–Kier alpha value is -3.47. The number of benzene rings is 1. The minimum Gasteiger partial charge on any atom is -0.369 e. The molecule has 33 heavy (non-hydrogen) atoms. The predicted octanol–water partition coefficient (Wildman–Crippen LogP) is 4.70. The maximum Gasteiger partial charge on any atom is 0.224 e. The quantitative estimate of drug-likeness (QED) is 0.591. The second-order valence-electron chi connectivity index (χ2n) is 8.78. The van der Waals surface area contributed by atoms with Gasteiger partial charge in [0.25, 0.3) is 0 Å². The van der Waals surface area contributed by atoms with Gasteiger partial charge in [-0.3, -0.25) is 4.79 Å². The summed E-state index contributed by atoms with van der Waals surface area (Å²) >= 11 is 0. The van der Waals surface area contributed by atoms with Crippen LogP contribution in [0.4, 0.5) is 15.8 Å². The summed E-state index contributed by atoms with van der Waals surface area (Å²) in [6, 6.07) is 7.35. The molecule has 7 nitrogen and oxygen atoms in total. The number of carbonyl (C=O) groups excluding carboxylic acids is 1. The van der Waals surface area contributed by atoms with Crippen molar-refractivity contribution in [2.45, 2.75) is 64.8 Å². The van der Waals surface area contributed by atoms with Crippen LogP contribution in [-0.4, -0.2) is 33.6 Å². The number of nitrogens with zero attached hydrogens (tertiary/aromatic N) is 5. The van der Waals surface area contributed by atoms with E-state index in [1.165, 1.54) is 31.5 Å². The van der Waals surface area contributed by atoms with Crippen molar-refractivity contribution in [3.8, 4) is 6.07 Å². The first kappa shape index (κ1) is 22.7. The zero-order valence-corrected chi connectivity index (χ0v) is 19.4. The number of aromatic nitrogens is 3. The van der Waals surface area contributed by atoms with Gasteiger partial charge in [-0.1, -0.05) is 19.3 Å². The summed E-state index contributed by atoms with van der Waals surface area (Å²) < 4.78 is 16.4. The van der Waals surface area contributed by atoms with Gasteiger partial charge in [-0.2, -0.15) is 10.4 Å². The van der Waals surface area contributed by atoms with E-state index in [-0.39, 0.29) is 18.1 Å². The first-order valence-electron chi connectivity index (χ1n) is 11.4. The molecule has 4 rings (SSSR count). The molecular formula is C25H29FN6O. The number of anilines is 2. The third-order valence-corrected chi connectivity index (χ3v) is 6.66. The van der Waals surface area contributed by atoms with Crippen molar-refractivity contribution in [3.05, 3.63) is 52.7 Å². The van der Waals surface area contributed by atoms with Crippen molar-refractivity contribution in [1.29, 1.82) is 5.26 Å². The highest BCUT2D eigenvalue weighted by Crippen LogP contribution is 2.29. The summed E-state index contributed by atoms with van der Waals surface area (Å²) in [5, 5.41) is 16.2. The van der Waals surface area contributed by atoms with E-state index in [0.29, 0.717) is 35.0 Å². The van der Waals surface area contributed by atoms with Gasteiger partial charge in [0.1, 0.15) is 17.4 Å². The average molecular weight is 449 g/mol. The highest BCUT2D eigenvalue weighted by Gasteiger charge is 2.21. The van der Waals surface area contributed by atoms with Gasteiger partial charge in [0.05, 0.1) is 11.9 Å². The molecule has 1 aliphatic rings. The van der Waals surface area contributed by atoms with Crippen molar-refractivity contribution in [2.75, 3.05) is 17.3 Å². The molecule has 0 saturated heterocycles. The van der Waals surface area contributed by atoms with Crippen LogP contribution in [0.15, 0.2) is 24.4 Å². The number of hydrogen-bond acceptors (Lipinski definition) is 5. The van der Waals surface area contributed by atoms with Crippen LogP contribution in [0, 0.1) is 31.0 Å². The molecule has 1 amide bonds. The number of nitriles is 1. The Bertz CT molecular complexity index is 1220. The molecule has 1 fully saturated rings. The van der Waals surface area contributed by atoms with Gasteiger partial charge in [-0.25, -0.2) is 13.9 Å². The van der Waals surface area contributed by atoms with Crippen LogP contribution in [0.3, 0.4) is 0 Å². The molecule has 1 aliphatic carbocycles. The fourth-order valence-corrected chi connectivity index (χ4v) is 4.75. The third-order valence-electron chi connectivity index (χ3n) is 6.66. The molecule has 2 heterocycles. The lowest BCUT2D eigenvalue weighted by Crippen LogP contribution is -2.33. The van der Waals surface area contributed by atoms with Gasteiger partial charge >= 0.3 is 0 Å². The van der Waals surface area contributed by atoms with Gasteiger partial charge in [-0.05, 0) is 56.9 Å². The lowest BCUT2D eigenvalue weighted by molar-refractivity contribution is -0.116. The Morgan fingerprint density at radius 1 is 1.30 bits per heavy atom. The Morgan fingerprint density at radius 3 is 2.76 bits per heavy atom. The number of hydrogen-bond donors (Lipinski definition) is 1. The van der Waals surface area contributed by atoms with Gasteiger partial charge < -0.3 is 10.2 Å². The first-order valence-corrected chi connectivity index (χ1v) is 11.4. The fourth-order valence-electron chi connectivity index (χ4n) is 4.75. The lowest BCUT2D eigenvalue weighted by atomic mass is 9.94. The highest BCUT2D eigenvalue weighted by molar-refractivity contribution is 5.91. The molecule has 3 aromatic rings. The predicted molar refractivity (Wildman–Crippen MR) is 126 cm³/mol. The number of aryl methyl sites for hydroxylation is 2. The van der Waals surface area contributed by atoms with Crippen molar-refractivity contribution in [3.63, 3.8) is 0 Å². The molecule has 0 bridgehead atoms. The normalized spacial score (nSPS) is 14.3. The Kier molecular flexibility index (Phi) is 6.59. The minimum absolute atomic E-state index is 0.195. The Morgan fingerprint density at radius 2 is 2.06 bits per heavy atom. The van der Waals surface area contributed by atoms with Gasteiger partial charge in [-0.15, -0.1) is 0 Å². The summed E-state index contributed by atoms with van der Waals surface area (Å²) in [5.74, 6) is -0.519. The summed E-state index contributed by atoms with van der Waals surface area (Å²) in [5.41, 5.74) is 4.51. The fraction of sp³-hybridized carbons (Fsp3) is 0.440. The number of fused-ring (bicyclic) bond motifs is 1. The first-order chi connectivity index (χ1) is 15.9. The molecule has 1 aromatic carbocycles. The van der Waals surface area contributed by atoms with Crippen LogP contribution in [0.25, 0.3) is 5.65 Å². The molecular weight excluding hydrogens is 419 g/mol. The van der Waals surface area contributed by atoms with Crippen LogP contribution in [0.1, 0.15) is 61.0 Å². The number of carbonyl (C=O) groups is 1. The topological polar surface area (TPSA) is 86.3 Å². The van der Waals surface area contributed by atoms with Crippen molar-refractivity contribution in [1.82, 2.24) is 14.6 Å². The maximum atomic E-state index is 14.8. The average Bonchev–Trinajstić information content (AvgIpc) is 3.22. The molecule has 0 aliphatic heterocycles. The summed E-state index contributed by atoms with van der Waals surface area (Å²) in [6.45, 7) is 3.77. The molecule has 8 heteroatoms. The second-order valence-corrected chi connectivity index (χ2v) is 8.78. The Balaban J connectivity index is 1.41. The number of rotatable bonds is 6. The van der Waals surface area contributed by atoms with E-state index in [1.807, 2.05) is 25.8 Å². The SMILES string of the molecule is Cc1nc2c(C#N)cnn2c(C)c1CCC(=O)Nc1ccc(N(C)C2CCCCC2)c(F)c1. The van der Waals surface area contributed by atoms with Crippen LogP contribution in [0.2, 0.25) is 0 Å². The van der Waals surface area contributed by atoms with Gasteiger partial charge in [0.15, 0.2) is 5.65 Å². The van der Waals surface area contributed by atoms with Crippen LogP contribution < -0.4 is 10.2 Å². The molecule has 2 aromatic heterocycles. The van der Waals surface area contributed by atoms with Crippen LogP contribution in [0.5, 0.6) is 0 Å². The molecule has 1 N–H and O–H groups in total. The smallest absolute Gasteiger partial charge is 0.224 e. The minimum atomic E-state index is -0.325. The monoisotopic (exact) mass is 448 g/mol. The largest absolute Gasteiger partial charge is 0.369 e. The molecule has 1 saturated carbocycles. The summed E-state index contributed by atoms with van der Waals surface area (Å²) in [6.07, 6.45) is 8.00. The zero-order chi connectivity index (χ0) is 23.5. The van der Waals surface area contributed by atoms with Crippen molar-refractivity contribution < 1.29 is 9.18 Å². The number of halogens is 1. The summed E-state index contributed by atoms with van der Waals surface area (Å²) in [7, 11) is 1.95. The zero-order valence-electron chi connectivity index (χ0n) is 19.4. The Labute approximate surface area is 193 Å². The van der Waals surface area contributed by atoms with Crippen molar-refractivity contribution >= 4 is 22.9 Å².